The van der Waals surface area contributed by atoms with Gasteiger partial charge in [-0.15, -0.1) is 11.3 Å². The van der Waals surface area contributed by atoms with Crippen LogP contribution in [-0.4, -0.2) is 6.54 Å². The monoisotopic (exact) mass is 483 g/mol. The maximum atomic E-state index is 14.4. The van der Waals surface area contributed by atoms with Gasteiger partial charge in [0.1, 0.15) is 5.82 Å². The van der Waals surface area contributed by atoms with Gasteiger partial charge in [0.05, 0.1) is 18.1 Å². The van der Waals surface area contributed by atoms with E-state index in [1.54, 1.807) is 17.4 Å². The van der Waals surface area contributed by atoms with Crippen molar-refractivity contribution in [3.8, 4) is 0 Å². The summed E-state index contributed by atoms with van der Waals surface area (Å²) in [6.45, 7) is 2.93. The highest BCUT2D eigenvalue weighted by Gasteiger charge is 2.22. The predicted octanol–water partition coefficient (Wildman–Crippen LogP) is 6.26. The van der Waals surface area contributed by atoms with Gasteiger partial charge >= 0.3 is 0 Å². The van der Waals surface area contributed by atoms with Crippen molar-refractivity contribution in [2.24, 2.45) is 0 Å². The van der Waals surface area contributed by atoms with E-state index in [1.165, 1.54) is 0 Å². The third kappa shape index (κ3) is 3.71. The van der Waals surface area contributed by atoms with Gasteiger partial charge in [-0.1, -0.05) is 19.1 Å². The molecule has 6 heteroatoms. The third-order valence-corrected chi connectivity index (χ3v) is 5.88. The van der Waals surface area contributed by atoms with E-state index in [0.717, 1.165) is 26.1 Å². The number of rotatable bonds is 5. The lowest BCUT2D eigenvalue weighted by Crippen LogP contribution is -2.24. The van der Waals surface area contributed by atoms with Crippen molar-refractivity contribution < 1.29 is 4.39 Å². The second kappa shape index (κ2) is 7.49. The molecule has 2 aromatic rings. The van der Waals surface area contributed by atoms with Gasteiger partial charge in [0, 0.05) is 5.56 Å². The zero-order valence-corrected chi connectivity index (χ0v) is 16.3. The van der Waals surface area contributed by atoms with Crippen LogP contribution in [0.5, 0.6) is 0 Å². The van der Waals surface area contributed by atoms with E-state index in [2.05, 4.69) is 60.0 Å². The second-order valence-corrected chi connectivity index (χ2v) is 8.91. The molecule has 1 heterocycles. The first kappa shape index (κ1) is 16.6. The maximum Gasteiger partial charge on any atom is 0.142 e. The van der Waals surface area contributed by atoms with Crippen molar-refractivity contribution >= 4 is 59.1 Å². The van der Waals surface area contributed by atoms with Crippen molar-refractivity contribution in [2.75, 3.05) is 6.54 Å². The van der Waals surface area contributed by atoms with Gasteiger partial charge < -0.3 is 5.32 Å². The number of hydrogen-bond donors (Lipinski definition) is 1. The average Bonchev–Trinajstić information content (AvgIpc) is 2.74. The summed E-state index contributed by atoms with van der Waals surface area (Å²) in [5, 5.41) is 3.42. The summed E-state index contributed by atoms with van der Waals surface area (Å²) >= 11 is 11.9. The van der Waals surface area contributed by atoms with Crippen LogP contribution >= 0.6 is 59.1 Å². The highest BCUT2D eigenvalue weighted by Crippen LogP contribution is 2.39. The quantitative estimate of drug-likeness (QED) is 0.526. The largest absolute Gasteiger partial charge is 0.306 e. The van der Waals surface area contributed by atoms with Crippen molar-refractivity contribution in [3.05, 3.63) is 53.3 Å². The molecule has 1 atom stereocenters. The molecule has 2 rings (SSSR count). The zero-order chi connectivity index (χ0) is 14.7. The minimum Gasteiger partial charge on any atom is -0.306 e. The van der Waals surface area contributed by atoms with Crippen LogP contribution in [0.15, 0.2) is 36.3 Å². The molecule has 0 aliphatic heterocycles. The van der Waals surface area contributed by atoms with Crippen LogP contribution in [0, 0.1) is 5.82 Å². The van der Waals surface area contributed by atoms with Gasteiger partial charge in [-0.05, 0) is 78.5 Å². The maximum absolute atomic E-state index is 14.4. The van der Waals surface area contributed by atoms with Crippen LogP contribution in [0.2, 0.25) is 0 Å². The van der Waals surface area contributed by atoms with Crippen LogP contribution < -0.4 is 5.32 Å². The highest BCUT2D eigenvalue weighted by molar-refractivity contribution is 9.12. The molecule has 0 saturated heterocycles. The lowest BCUT2D eigenvalue weighted by molar-refractivity contribution is 0.543. The zero-order valence-electron chi connectivity index (χ0n) is 10.7. The third-order valence-electron chi connectivity index (χ3n) is 2.88. The summed E-state index contributed by atoms with van der Waals surface area (Å²) < 4.78 is 16.9. The number of nitrogens with one attached hydrogen (secondary N) is 1. The molecular formula is C14H13Br3FNS. The Hall–Kier alpha value is 0.250. The van der Waals surface area contributed by atoms with Crippen LogP contribution in [0.1, 0.15) is 30.5 Å². The Balaban J connectivity index is 2.47. The molecule has 1 unspecified atom stereocenters. The molecule has 0 amide bonds. The Morgan fingerprint density at radius 1 is 1.25 bits per heavy atom. The molecule has 108 valence electrons. The fourth-order valence-corrected chi connectivity index (χ4v) is 5.25. The molecule has 0 aliphatic carbocycles. The van der Waals surface area contributed by atoms with E-state index in [0.29, 0.717) is 10.0 Å². The standard InChI is InChI=1S/C14H13Br3FNS/c1-2-6-19-13(9-7-11(16)20-14(9)17)8-4-3-5-10(15)12(8)18/h3-5,7,13,19H,2,6H2,1H3. The predicted molar refractivity (Wildman–Crippen MR) is 94.0 cm³/mol. The minimum absolute atomic E-state index is 0.163. The second-order valence-electron chi connectivity index (χ2n) is 4.31. The molecule has 1 aromatic heterocycles. The van der Waals surface area contributed by atoms with E-state index in [1.807, 2.05) is 18.2 Å². The summed E-state index contributed by atoms with van der Waals surface area (Å²) in [7, 11) is 0. The molecule has 1 nitrogen and oxygen atoms in total. The molecule has 1 aromatic carbocycles. The molecule has 0 radical (unpaired) electrons. The van der Waals surface area contributed by atoms with E-state index in [9.17, 15) is 4.39 Å². The molecule has 0 spiro atoms. The smallest absolute Gasteiger partial charge is 0.142 e. The molecule has 1 N–H and O–H groups in total. The summed E-state index contributed by atoms with van der Waals surface area (Å²) in [6.07, 6.45) is 0.995. The molecule has 0 fully saturated rings. The molecule has 0 saturated carbocycles. The van der Waals surface area contributed by atoms with E-state index < -0.39 is 0 Å². The van der Waals surface area contributed by atoms with E-state index in [-0.39, 0.29) is 11.9 Å². The Bertz CT molecular complexity index is 600. The van der Waals surface area contributed by atoms with Crippen LogP contribution in [-0.2, 0) is 0 Å². The van der Waals surface area contributed by atoms with Crippen molar-refractivity contribution in [3.63, 3.8) is 0 Å². The van der Waals surface area contributed by atoms with E-state index in [4.69, 9.17) is 0 Å². The average molecular weight is 486 g/mol. The number of hydrogen-bond acceptors (Lipinski definition) is 2. The first-order valence-electron chi connectivity index (χ1n) is 6.16. The summed E-state index contributed by atoms with van der Waals surface area (Å²) in [6, 6.07) is 7.27. The van der Waals surface area contributed by atoms with Gasteiger partial charge in [0.15, 0.2) is 0 Å². The Morgan fingerprint density at radius 2 is 2.00 bits per heavy atom. The lowest BCUT2D eigenvalue weighted by Gasteiger charge is -2.20. The van der Waals surface area contributed by atoms with Crippen LogP contribution in [0.3, 0.4) is 0 Å². The first-order valence-corrected chi connectivity index (χ1v) is 9.36. The van der Waals surface area contributed by atoms with E-state index >= 15 is 0 Å². The van der Waals surface area contributed by atoms with Gasteiger partial charge in [0.25, 0.3) is 0 Å². The lowest BCUT2D eigenvalue weighted by atomic mass is 10.0. The molecule has 0 aliphatic rings. The number of halogens is 4. The van der Waals surface area contributed by atoms with Gasteiger partial charge in [0.2, 0.25) is 0 Å². The Labute approximate surface area is 147 Å². The first-order chi connectivity index (χ1) is 9.54. The normalized spacial score (nSPS) is 12.7. The van der Waals surface area contributed by atoms with Crippen molar-refractivity contribution in [2.45, 2.75) is 19.4 Å². The number of thiophene rings is 1. The van der Waals surface area contributed by atoms with Crippen LogP contribution in [0.25, 0.3) is 0 Å². The summed E-state index contributed by atoms with van der Waals surface area (Å²) in [5.74, 6) is -0.213. The van der Waals surface area contributed by atoms with Crippen molar-refractivity contribution in [1.29, 1.82) is 0 Å². The molecule has 0 bridgehead atoms. The SMILES string of the molecule is CCCNC(c1cc(Br)sc1Br)c1cccc(Br)c1F. The van der Waals surface area contributed by atoms with Crippen LogP contribution in [0.4, 0.5) is 4.39 Å². The van der Waals surface area contributed by atoms with Gasteiger partial charge in [-0.25, -0.2) is 4.39 Å². The molecule has 20 heavy (non-hydrogen) atoms. The minimum atomic E-state index is -0.213. The number of benzene rings is 1. The molecular weight excluding hydrogens is 473 g/mol. The fourth-order valence-electron chi connectivity index (χ4n) is 1.97. The highest BCUT2D eigenvalue weighted by atomic mass is 79.9. The Morgan fingerprint density at radius 3 is 2.60 bits per heavy atom. The van der Waals surface area contributed by atoms with Gasteiger partial charge in [-0.2, -0.15) is 0 Å². The fraction of sp³-hybridized carbons (Fsp3) is 0.286. The van der Waals surface area contributed by atoms with Crippen molar-refractivity contribution in [1.82, 2.24) is 5.32 Å². The topological polar surface area (TPSA) is 12.0 Å². The Kier molecular flexibility index (Phi) is 6.23. The van der Waals surface area contributed by atoms with Gasteiger partial charge in [-0.3, -0.25) is 0 Å². The summed E-state index contributed by atoms with van der Waals surface area (Å²) in [5.41, 5.74) is 1.70. The summed E-state index contributed by atoms with van der Waals surface area (Å²) in [4.78, 5) is 0.